The predicted molar refractivity (Wildman–Crippen MR) is 73.3 cm³/mol. The van der Waals surface area contributed by atoms with Crippen molar-refractivity contribution in [1.82, 2.24) is 9.88 Å². The molecule has 1 heterocycles. The molecule has 0 aliphatic rings. The minimum Gasteiger partial charge on any atom is -0.366 e. The van der Waals surface area contributed by atoms with E-state index in [1.807, 2.05) is 18.9 Å². The van der Waals surface area contributed by atoms with Crippen LogP contribution >= 0.6 is 0 Å². The number of aryl methyl sites for hydroxylation is 2. The molecule has 0 unspecified atom stereocenters. The van der Waals surface area contributed by atoms with Crippen LogP contribution in [0.5, 0.6) is 0 Å². The first kappa shape index (κ1) is 14.6. The van der Waals surface area contributed by atoms with E-state index in [9.17, 15) is 8.42 Å². The topological polar surface area (TPSA) is 62.6 Å². The maximum atomic E-state index is 11.5. The van der Waals surface area contributed by atoms with Gasteiger partial charge < -0.3 is 4.90 Å². The number of nitrogens with zero attached hydrogens (tertiary/aromatic N) is 3. The van der Waals surface area contributed by atoms with Crippen LogP contribution in [-0.2, 0) is 9.84 Å². The maximum absolute atomic E-state index is 11.5. The fourth-order valence-corrected chi connectivity index (χ4v) is 2.36. The molecule has 0 saturated carbocycles. The number of hydrogen-bond donors (Lipinski definition) is 0. The van der Waals surface area contributed by atoms with Crippen molar-refractivity contribution in [3.05, 3.63) is 17.3 Å². The second-order valence-corrected chi connectivity index (χ2v) is 6.24. The van der Waals surface area contributed by atoms with Gasteiger partial charge in [-0.2, -0.15) is 0 Å². The normalized spacial score (nSPS) is 12.1. The third kappa shape index (κ3) is 3.53. The Balaban J connectivity index is 3.20. The van der Waals surface area contributed by atoms with Crippen LogP contribution in [-0.4, -0.2) is 44.5 Å². The smallest absolute Gasteiger partial charge is 0.193 e. The van der Waals surface area contributed by atoms with Gasteiger partial charge >= 0.3 is 0 Å². The summed E-state index contributed by atoms with van der Waals surface area (Å²) in [4.78, 5) is 10.4. The summed E-state index contributed by atoms with van der Waals surface area (Å²) in [6.07, 6.45) is 2.87. The highest BCUT2D eigenvalue weighted by Gasteiger charge is 2.14. The number of hydrogen-bond acceptors (Lipinski definition) is 4. The van der Waals surface area contributed by atoms with Crippen LogP contribution in [0.1, 0.15) is 18.2 Å². The molecule has 100 valence electrons. The molecule has 0 aliphatic heterocycles. The summed E-state index contributed by atoms with van der Waals surface area (Å²) in [7, 11) is -1.36. The van der Waals surface area contributed by atoms with E-state index in [1.165, 1.54) is 0 Å². The Bertz CT molecular complexity index is 565. The van der Waals surface area contributed by atoms with Crippen molar-refractivity contribution in [2.24, 2.45) is 4.99 Å². The summed E-state index contributed by atoms with van der Waals surface area (Å²) in [6, 6.07) is 1.75. The predicted octanol–water partition coefficient (Wildman–Crippen LogP) is 1.71. The number of pyridine rings is 1. The third-order valence-electron chi connectivity index (χ3n) is 2.57. The molecule has 18 heavy (non-hydrogen) atoms. The molecular weight excluding hydrogens is 250 g/mol. The number of aromatic nitrogens is 1. The van der Waals surface area contributed by atoms with Gasteiger partial charge in [0.15, 0.2) is 14.9 Å². The van der Waals surface area contributed by atoms with E-state index in [1.54, 1.807) is 26.3 Å². The Hall–Kier alpha value is -1.43. The quantitative estimate of drug-likeness (QED) is 0.616. The minimum atomic E-state index is -3.28. The largest absolute Gasteiger partial charge is 0.366 e. The van der Waals surface area contributed by atoms with Crippen LogP contribution in [0.2, 0.25) is 0 Å². The zero-order chi connectivity index (χ0) is 13.9. The second-order valence-electron chi connectivity index (χ2n) is 4.30. The lowest BCUT2D eigenvalue weighted by Gasteiger charge is -2.10. The summed E-state index contributed by atoms with van der Waals surface area (Å²) < 4.78 is 23.0. The highest BCUT2D eigenvalue weighted by atomic mass is 32.2. The third-order valence-corrected chi connectivity index (χ3v) is 3.69. The fourth-order valence-electron chi connectivity index (χ4n) is 1.42. The molecule has 0 atom stereocenters. The van der Waals surface area contributed by atoms with Crippen molar-refractivity contribution in [1.29, 1.82) is 0 Å². The van der Waals surface area contributed by atoms with E-state index in [2.05, 4.69) is 9.98 Å². The van der Waals surface area contributed by atoms with Crippen molar-refractivity contribution in [3.63, 3.8) is 0 Å². The van der Waals surface area contributed by atoms with E-state index < -0.39 is 9.84 Å². The minimum absolute atomic E-state index is 0.128. The molecule has 0 N–H and O–H groups in total. The molecular formula is C12H19N3O2S. The molecule has 0 aromatic carbocycles. The summed E-state index contributed by atoms with van der Waals surface area (Å²) in [5.41, 5.74) is 1.93. The summed E-state index contributed by atoms with van der Waals surface area (Å²) in [5, 5.41) is 0.128. The first-order valence-electron chi connectivity index (χ1n) is 5.68. The van der Waals surface area contributed by atoms with Gasteiger partial charge in [0.1, 0.15) is 0 Å². The first-order chi connectivity index (χ1) is 8.25. The van der Waals surface area contributed by atoms with Gasteiger partial charge in [0.2, 0.25) is 0 Å². The van der Waals surface area contributed by atoms with E-state index in [0.717, 1.165) is 12.8 Å². The number of rotatable bonds is 4. The van der Waals surface area contributed by atoms with Gasteiger partial charge in [-0.25, -0.2) is 18.4 Å². The van der Waals surface area contributed by atoms with Crippen molar-refractivity contribution < 1.29 is 8.42 Å². The van der Waals surface area contributed by atoms with Gasteiger partial charge in [-0.1, -0.05) is 0 Å². The first-order valence-corrected chi connectivity index (χ1v) is 7.57. The molecule has 0 aliphatic carbocycles. The molecule has 0 radical (unpaired) electrons. The van der Waals surface area contributed by atoms with Gasteiger partial charge in [-0.05, 0) is 32.4 Å². The Morgan fingerprint density at radius 3 is 2.56 bits per heavy atom. The van der Waals surface area contributed by atoms with Gasteiger partial charge in [-0.15, -0.1) is 0 Å². The zero-order valence-electron chi connectivity index (χ0n) is 11.4. The fraction of sp³-hybridized carbons (Fsp3) is 0.500. The highest BCUT2D eigenvalue weighted by Crippen LogP contribution is 2.22. The molecule has 0 amide bonds. The monoisotopic (exact) mass is 269 g/mol. The van der Waals surface area contributed by atoms with Crippen LogP contribution in [0.15, 0.2) is 16.1 Å². The molecule has 0 saturated heterocycles. The summed E-state index contributed by atoms with van der Waals surface area (Å²) in [5.74, 6) is 0. The molecule has 5 nitrogen and oxygen atoms in total. The number of sulfone groups is 1. The van der Waals surface area contributed by atoms with Crippen LogP contribution in [0, 0.1) is 13.8 Å². The van der Waals surface area contributed by atoms with Gasteiger partial charge in [0.25, 0.3) is 0 Å². The lowest BCUT2D eigenvalue weighted by atomic mass is 10.2. The summed E-state index contributed by atoms with van der Waals surface area (Å²) in [6.45, 7) is 6.36. The molecule has 0 bridgehead atoms. The molecule has 1 aromatic rings. The zero-order valence-corrected chi connectivity index (χ0v) is 12.2. The molecule has 0 spiro atoms. The average Bonchev–Trinajstić information content (AvgIpc) is 2.27. The van der Waals surface area contributed by atoms with E-state index in [-0.39, 0.29) is 5.03 Å². The van der Waals surface area contributed by atoms with E-state index in [4.69, 9.17) is 0 Å². The molecule has 0 fully saturated rings. The molecule has 1 aromatic heterocycles. The lowest BCUT2D eigenvalue weighted by molar-refractivity contribution is 0.552. The SMILES string of the molecule is CCN(C)C=Nc1cc(C)c(S(C)(=O)=O)nc1C. The van der Waals surface area contributed by atoms with Crippen LogP contribution in [0.4, 0.5) is 5.69 Å². The Morgan fingerprint density at radius 1 is 1.44 bits per heavy atom. The van der Waals surface area contributed by atoms with Crippen molar-refractivity contribution in [3.8, 4) is 0 Å². The van der Waals surface area contributed by atoms with Gasteiger partial charge in [0, 0.05) is 19.8 Å². The van der Waals surface area contributed by atoms with Crippen LogP contribution < -0.4 is 0 Å². The standard InChI is InChI=1S/C12H19N3O2S/c1-6-15(4)8-13-11-7-9(2)12(14-10(11)3)18(5,16)17/h7-8H,6H2,1-5H3. The molecule has 1 rings (SSSR count). The highest BCUT2D eigenvalue weighted by molar-refractivity contribution is 7.90. The van der Waals surface area contributed by atoms with Crippen molar-refractivity contribution in [2.75, 3.05) is 19.8 Å². The Morgan fingerprint density at radius 2 is 2.06 bits per heavy atom. The Kier molecular flexibility index (Phi) is 4.45. The van der Waals surface area contributed by atoms with Crippen molar-refractivity contribution >= 4 is 21.9 Å². The van der Waals surface area contributed by atoms with Crippen LogP contribution in [0.3, 0.4) is 0 Å². The van der Waals surface area contributed by atoms with Gasteiger partial charge in [0.05, 0.1) is 17.7 Å². The Labute approximate surface area is 108 Å². The summed E-state index contributed by atoms with van der Waals surface area (Å²) >= 11 is 0. The van der Waals surface area contributed by atoms with Crippen molar-refractivity contribution in [2.45, 2.75) is 25.8 Å². The van der Waals surface area contributed by atoms with E-state index in [0.29, 0.717) is 16.9 Å². The average molecular weight is 269 g/mol. The number of aliphatic imine (C=N–C) groups is 1. The second kappa shape index (κ2) is 5.48. The van der Waals surface area contributed by atoms with Gasteiger partial charge in [-0.3, -0.25) is 0 Å². The maximum Gasteiger partial charge on any atom is 0.193 e. The molecule has 6 heteroatoms. The lowest BCUT2D eigenvalue weighted by Crippen LogP contribution is -2.14. The van der Waals surface area contributed by atoms with E-state index >= 15 is 0 Å². The van der Waals surface area contributed by atoms with Crippen LogP contribution in [0.25, 0.3) is 0 Å².